The molecule has 0 aliphatic rings. The average molecular weight is 177 g/mol. The van der Waals surface area contributed by atoms with Gasteiger partial charge in [0.05, 0.1) is 7.45 Å². The first-order valence-electron chi connectivity index (χ1n) is 4.63. The first-order chi connectivity index (χ1) is 6.50. The predicted octanol–water partition coefficient (Wildman–Crippen LogP) is 1.63. The summed E-state index contributed by atoms with van der Waals surface area (Å²) in [6.07, 6.45) is 1.87. The molecule has 0 spiro atoms. The fourth-order valence-electron chi connectivity index (χ4n) is 1.50. The highest BCUT2D eigenvalue weighted by atomic mass is 16.3. The van der Waals surface area contributed by atoms with Crippen LogP contribution in [0.1, 0.15) is 19.9 Å². The molecule has 0 bridgehead atoms. The monoisotopic (exact) mass is 177 g/mol. The highest BCUT2D eigenvalue weighted by molar-refractivity contribution is 5.80. The van der Waals surface area contributed by atoms with Crippen molar-refractivity contribution in [3.63, 3.8) is 0 Å². The third-order valence-electron chi connectivity index (χ3n) is 2.12. The standard InChI is InChI=1S/C10H12N2O/c1-7(13)9-6-12(2)10-8(9)4-3-5-11-10/h3-7,13H,1-2H3/i7D. The second-order valence-electron chi connectivity index (χ2n) is 3.11. The van der Waals surface area contributed by atoms with Crippen molar-refractivity contribution in [2.24, 2.45) is 7.05 Å². The molecule has 2 heterocycles. The summed E-state index contributed by atoms with van der Waals surface area (Å²) >= 11 is 0. The van der Waals surface area contributed by atoms with E-state index >= 15 is 0 Å². The molecule has 68 valence electrons. The van der Waals surface area contributed by atoms with E-state index in [1.54, 1.807) is 18.5 Å². The molecule has 13 heavy (non-hydrogen) atoms. The Hall–Kier alpha value is -1.35. The van der Waals surface area contributed by atoms with Gasteiger partial charge in [-0.1, -0.05) is 0 Å². The lowest BCUT2D eigenvalue weighted by Gasteiger charge is -1.99. The zero-order valence-electron chi connectivity index (χ0n) is 8.65. The number of rotatable bonds is 1. The second-order valence-corrected chi connectivity index (χ2v) is 3.11. The average Bonchev–Trinajstić information content (AvgIpc) is 2.44. The molecule has 1 atom stereocenters. The van der Waals surface area contributed by atoms with Gasteiger partial charge < -0.3 is 9.67 Å². The van der Waals surface area contributed by atoms with Gasteiger partial charge in [-0.2, -0.15) is 0 Å². The van der Waals surface area contributed by atoms with Gasteiger partial charge in [-0.05, 0) is 19.1 Å². The van der Waals surface area contributed by atoms with Crippen molar-refractivity contribution < 1.29 is 6.48 Å². The molecule has 2 aromatic heterocycles. The first kappa shape index (κ1) is 7.09. The van der Waals surface area contributed by atoms with Crippen LogP contribution in [0.25, 0.3) is 11.0 Å². The molecule has 0 amide bonds. The van der Waals surface area contributed by atoms with Crippen LogP contribution in [-0.2, 0) is 7.05 Å². The van der Waals surface area contributed by atoms with Gasteiger partial charge in [0.2, 0.25) is 0 Å². The van der Waals surface area contributed by atoms with Gasteiger partial charge >= 0.3 is 0 Å². The minimum Gasteiger partial charge on any atom is -0.389 e. The van der Waals surface area contributed by atoms with E-state index in [9.17, 15) is 5.11 Å². The molecule has 0 fully saturated rings. The van der Waals surface area contributed by atoms with Crippen LogP contribution in [0.4, 0.5) is 0 Å². The van der Waals surface area contributed by atoms with Crippen LogP contribution in [0.15, 0.2) is 24.5 Å². The van der Waals surface area contributed by atoms with Crippen molar-refractivity contribution in [3.05, 3.63) is 30.1 Å². The third kappa shape index (κ3) is 1.21. The third-order valence-corrected chi connectivity index (χ3v) is 2.12. The van der Waals surface area contributed by atoms with Gasteiger partial charge in [0.15, 0.2) is 0 Å². The predicted molar refractivity (Wildman–Crippen MR) is 51.3 cm³/mol. The Balaban J connectivity index is 2.80. The van der Waals surface area contributed by atoms with Crippen LogP contribution < -0.4 is 0 Å². The van der Waals surface area contributed by atoms with Crippen LogP contribution in [0.5, 0.6) is 0 Å². The Morgan fingerprint density at radius 3 is 3.15 bits per heavy atom. The Morgan fingerprint density at radius 1 is 1.69 bits per heavy atom. The minimum absolute atomic E-state index is 0.586. The lowest BCUT2D eigenvalue weighted by atomic mass is 10.1. The smallest absolute Gasteiger partial charge is 0.139 e. The van der Waals surface area contributed by atoms with Gasteiger partial charge in [0.1, 0.15) is 5.65 Å². The Morgan fingerprint density at radius 2 is 2.46 bits per heavy atom. The van der Waals surface area contributed by atoms with E-state index in [4.69, 9.17) is 1.37 Å². The van der Waals surface area contributed by atoms with Crippen LogP contribution in [-0.4, -0.2) is 14.7 Å². The zero-order chi connectivity index (χ0) is 10.3. The van der Waals surface area contributed by atoms with Crippen LogP contribution in [0.2, 0.25) is 0 Å². The maximum Gasteiger partial charge on any atom is 0.139 e. The van der Waals surface area contributed by atoms with Crippen molar-refractivity contribution in [1.82, 2.24) is 9.55 Å². The summed E-state index contributed by atoms with van der Waals surface area (Å²) in [5.41, 5.74) is 1.37. The number of aromatic nitrogens is 2. The number of aliphatic hydroxyl groups is 1. The lowest BCUT2D eigenvalue weighted by Crippen LogP contribution is -1.88. The van der Waals surface area contributed by atoms with Gasteiger partial charge in [0, 0.05) is 30.4 Å². The van der Waals surface area contributed by atoms with Gasteiger partial charge in [0.25, 0.3) is 0 Å². The largest absolute Gasteiger partial charge is 0.389 e. The minimum atomic E-state index is -1.57. The first-order valence-corrected chi connectivity index (χ1v) is 4.13. The molecular weight excluding hydrogens is 164 g/mol. The molecule has 1 unspecified atom stereocenters. The maximum atomic E-state index is 9.63. The molecule has 3 heteroatoms. The Kier molecular flexibility index (Phi) is 1.56. The van der Waals surface area contributed by atoms with E-state index in [0.717, 1.165) is 11.0 Å². The fourth-order valence-corrected chi connectivity index (χ4v) is 1.50. The molecule has 0 saturated heterocycles. The second kappa shape index (κ2) is 2.85. The van der Waals surface area contributed by atoms with Crippen molar-refractivity contribution in [2.75, 3.05) is 0 Å². The molecule has 3 nitrogen and oxygen atoms in total. The van der Waals surface area contributed by atoms with Crippen LogP contribution in [0, 0.1) is 0 Å². The van der Waals surface area contributed by atoms with Crippen molar-refractivity contribution in [1.29, 1.82) is 0 Å². The van der Waals surface area contributed by atoms with E-state index < -0.39 is 6.08 Å². The Labute approximate surface area is 78.0 Å². The molecule has 0 aliphatic heterocycles. The normalized spacial score (nSPS) is 17.0. The van der Waals surface area contributed by atoms with Gasteiger partial charge in [-0.15, -0.1) is 0 Å². The zero-order valence-corrected chi connectivity index (χ0v) is 7.65. The molecule has 2 aromatic rings. The van der Waals surface area contributed by atoms with Crippen molar-refractivity contribution in [3.8, 4) is 0 Å². The number of fused-ring (bicyclic) bond motifs is 1. The highest BCUT2D eigenvalue weighted by Crippen LogP contribution is 2.23. The number of nitrogens with zero attached hydrogens (tertiary/aromatic N) is 2. The highest BCUT2D eigenvalue weighted by Gasteiger charge is 2.10. The number of aryl methyl sites for hydroxylation is 1. The SMILES string of the molecule is [2H]C(C)(O)c1cn(C)c2ncccc12. The molecule has 0 saturated carbocycles. The number of pyridine rings is 1. The summed E-state index contributed by atoms with van der Waals surface area (Å²) in [5, 5.41) is 10.5. The quantitative estimate of drug-likeness (QED) is 0.718. The Bertz CT molecular complexity index is 470. The molecule has 0 aromatic carbocycles. The molecule has 1 N–H and O–H groups in total. The lowest BCUT2D eigenvalue weighted by molar-refractivity contribution is 0.200. The number of hydrogen-bond donors (Lipinski definition) is 1. The van der Waals surface area contributed by atoms with E-state index in [-0.39, 0.29) is 0 Å². The van der Waals surface area contributed by atoms with E-state index in [0.29, 0.717) is 5.56 Å². The molecule has 2 rings (SSSR count). The van der Waals surface area contributed by atoms with Gasteiger partial charge in [-0.25, -0.2) is 4.98 Å². The summed E-state index contributed by atoms with van der Waals surface area (Å²) in [6, 6.07) is 3.66. The topological polar surface area (TPSA) is 38.0 Å². The van der Waals surface area contributed by atoms with E-state index in [1.165, 1.54) is 6.92 Å². The summed E-state index contributed by atoms with van der Waals surface area (Å²) in [4.78, 5) is 4.18. The van der Waals surface area contributed by atoms with Crippen LogP contribution >= 0.6 is 0 Å². The van der Waals surface area contributed by atoms with Crippen molar-refractivity contribution >= 4 is 11.0 Å². The number of hydrogen-bond acceptors (Lipinski definition) is 2. The molecule has 0 aliphatic carbocycles. The molecular formula is C10H12N2O. The summed E-state index contributed by atoms with van der Waals surface area (Å²) in [5.74, 6) is 0. The maximum absolute atomic E-state index is 9.63. The summed E-state index contributed by atoms with van der Waals surface area (Å²) < 4.78 is 9.40. The van der Waals surface area contributed by atoms with Crippen molar-refractivity contribution in [2.45, 2.75) is 13.0 Å². The van der Waals surface area contributed by atoms with E-state index in [1.807, 2.05) is 17.7 Å². The fraction of sp³-hybridized carbons (Fsp3) is 0.300. The molecule has 0 radical (unpaired) electrons. The van der Waals surface area contributed by atoms with Crippen LogP contribution in [0.3, 0.4) is 0 Å². The van der Waals surface area contributed by atoms with Gasteiger partial charge in [-0.3, -0.25) is 0 Å². The summed E-state index contributed by atoms with van der Waals surface area (Å²) in [7, 11) is 1.85. The van der Waals surface area contributed by atoms with E-state index in [2.05, 4.69) is 4.98 Å². The summed E-state index contributed by atoms with van der Waals surface area (Å²) in [6.45, 7) is 1.45.